The van der Waals surface area contributed by atoms with E-state index in [1.165, 1.54) is 0 Å². The zero-order valence-electron chi connectivity index (χ0n) is 17.0. The number of hydrogen-bond acceptors (Lipinski definition) is 5. The summed E-state index contributed by atoms with van der Waals surface area (Å²) in [6.45, 7) is 3.59. The highest BCUT2D eigenvalue weighted by molar-refractivity contribution is 9.10. The Bertz CT molecular complexity index is 951. The number of nitrogens with zero attached hydrogens (tertiary/aromatic N) is 1. The van der Waals surface area contributed by atoms with Crippen LogP contribution < -0.4 is 15.0 Å². The van der Waals surface area contributed by atoms with Gasteiger partial charge in [0.2, 0.25) is 5.91 Å². The number of rotatable bonds is 6. The van der Waals surface area contributed by atoms with Crippen molar-refractivity contribution in [3.8, 4) is 5.75 Å². The number of aryl methyl sites for hydroxylation is 2. The third-order valence-corrected chi connectivity index (χ3v) is 5.41. The molecule has 0 aromatic heterocycles. The number of esters is 1. The first-order valence-electron chi connectivity index (χ1n) is 9.46. The number of carbonyl (C=O) groups excluding carboxylic acids is 3. The van der Waals surface area contributed by atoms with E-state index >= 15 is 0 Å². The molecule has 0 bridgehead atoms. The summed E-state index contributed by atoms with van der Waals surface area (Å²) >= 11 is 3.41. The molecule has 30 heavy (non-hydrogen) atoms. The lowest BCUT2D eigenvalue weighted by molar-refractivity contribution is -0.151. The van der Waals surface area contributed by atoms with Crippen molar-refractivity contribution in [1.82, 2.24) is 0 Å². The molecule has 158 valence electrons. The molecule has 1 aliphatic heterocycles. The first-order chi connectivity index (χ1) is 14.3. The maximum Gasteiger partial charge on any atom is 0.311 e. The standard InChI is InChI=1S/C22H23BrN2O5/c1-13-8-16(23)9-14(2)21(13)24-19(26)12-30-22(28)15-10-20(27)25(11-15)17-4-6-18(29-3)7-5-17/h4-9,15H,10-12H2,1-3H3,(H,24,26)/t15-/m1/s1. The number of hydrogen-bond donors (Lipinski definition) is 1. The van der Waals surface area contributed by atoms with Crippen LogP contribution in [0.5, 0.6) is 5.75 Å². The minimum Gasteiger partial charge on any atom is -0.497 e. The number of methoxy groups -OCH3 is 1. The van der Waals surface area contributed by atoms with Gasteiger partial charge in [-0.3, -0.25) is 14.4 Å². The van der Waals surface area contributed by atoms with Gasteiger partial charge in [0, 0.05) is 28.8 Å². The second kappa shape index (κ2) is 9.30. The lowest BCUT2D eigenvalue weighted by Crippen LogP contribution is -2.28. The third-order valence-electron chi connectivity index (χ3n) is 4.95. The maximum absolute atomic E-state index is 12.4. The zero-order valence-corrected chi connectivity index (χ0v) is 18.6. The number of halogens is 1. The van der Waals surface area contributed by atoms with Gasteiger partial charge in [0.15, 0.2) is 6.61 Å². The lowest BCUT2D eigenvalue weighted by atomic mass is 10.1. The van der Waals surface area contributed by atoms with Crippen LogP contribution in [0, 0.1) is 19.8 Å². The van der Waals surface area contributed by atoms with E-state index in [1.807, 2.05) is 26.0 Å². The molecule has 2 aromatic rings. The fourth-order valence-electron chi connectivity index (χ4n) is 3.42. The molecule has 1 heterocycles. The smallest absolute Gasteiger partial charge is 0.311 e. The molecular formula is C22H23BrN2O5. The van der Waals surface area contributed by atoms with Crippen molar-refractivity contribution in [2.75, 3.05) is 30.5 Å². The molecule has 1 aliphatic rings. The van der Waals surface area contributed by atoms with Crippen molar-refractivity contribution in [3.63, 3.8) is 0 Å². The first kappa shape index (κ1) is 21.8. The summed E-state index contributed by atoms with van der Waals surface area (Å²) in [5, 5.41) is 2.78. The molecule has 7 nitrogen and oxygen atoms in total. The second-order valence-electron chi connectivity index (χ2n) is 7.17. The maximum atomic E-state index is 12.4. The van der Waals surface area contributed by atoms with Gasteiger partial charge < -0.3 is 19.7 Å². The van der Waals surface area contributed by atoms with Gasteiger partial charge in [0.25, 0.3) is 5.91 Å². The Hall–Kier alpha value is -2.87. The van der Waals surface area contributed by atoms with Crippen LogP contribution in [0.1, 0.15) is 17.5 Å². The summed E-state index contributed by atoms with van der Waals surface area (Å²) in [6.07, 6.45) is 0.0530. The SMILES string of the molecule is COc1ccc(N2C[C@H](C(=O)OCC(=O)Nc3c(C)cc(Br)cc3C)CC2=O)cc1. The highest BCUT2D eigenvalue weighted by atomic mass is 79.9. The van der Waals surface area contributed by atoms with Gasteiger partial charge >= 0.3 is 5.97 Å². The number of carbonyl (C=O) groups is 3. The quantitative estimate of drug-likeness (QED) is 0.646. The number of ether oxygens (including phenoxy) is 2. The molecule has 0 spiro atoms. The number of benzene rings is 2. The Morgan fingerprint density at radius 1 is 1.17 bits per heavy atom. The van der Waals surface area contributed by atoms with E-state index in [4.69, 9.17) is 9.47 Å². The van der Waals surface area contributed by atoms with Crippen LogP contribution in [0.4, 0.5) is 11.4 Å². The average Bonchev–Trinajstić information content (AvgIpc) is 3.10. The van der Waals surface area contributed by atoms with Crippen LogP contribution in [0.25, 0.3) is 0 Å². The van der Waals surface area contributed by atoms with Crippen LogP contribution in [0.2, 0.25) is 0 Å². The average molecular weight is 475 g/mol. The summed E-state index contributed by atoms with van der Waals surface area (Å²) in [6, 6.07) is 10.8. The fraction of sp³-hybridized carbons (Fsp3) is 0.318. The summed E-state index contributed by atoms with van der Waals surface area (Å²) in [5.41, 5.74) is 3.19. The van der Waals surface area contributed by atoms with E-state index in [2.05, 4.69) is 21.2 Å². The highest BCUT2D eigenvalue weighted by Crippen LogP contribution is 2.28. The Labute approximate surface area is 183 Å². The molecule has 0 radical (unpaired) electrons. The van der Waals surface area contributed by atoms with Crippen LogP contribution in [0.15, 0.2) is 40.9 Å². The summed E-state index contributed by atoms with van der Waals surface area (Å²) < 4.78 is 11.2. The van der Waals surface area contributed by atoms with Crippen molar-refractivity contribution >= 4 is 45.1 Å². The molecule has 0 unspecified atom stereocenters. The molecule has 3 rings (SSSR count). The first-order valence-corrected chi connectivity index (χ1v) is 10.3. The van der Waals surface area contributed by atoms with Gasteiger partial charge in [0.05, 0.1) is 13.0 Å². The monoisotopic (exact) mass is 474 g/mol. The topological polar surface area (TPSA) is 84.9 Å². The molecule has 2 amide bonds. The Balaban J connectivity index is 1.55. The van der Waals surface area contributed by atoms with Gasteiger partial charge in [-0.25, -0.2) is 0 Å². The van der Waals surface area contributed by atoms with E-state index in [0.717, 1.165) is 15.6 Å². The van der Waals surface area contributed by atoms with Gasteiger partial charge in [-0.2, -0.15) is 0 Å². The van der Waals surface area contributed by atoms with Crippen molar-refractivity contribution in [2.24, 2.45) is 5.92 Å². The molecule has 8 heteroatoms. The van der Waals surface area contributed by atoms with Gasteiger partial charge in [-0.1, -0.05) is 15.9 Å². The summed E-state index contributed by atoms with van der Waals surface area (Å²) in [5.74, 6) is -1.06. The third kappa shape index (κ3) is 4.99. The molecule has 1 atom stereocenters. The molecule has 0 saturated carbocycles. The molecule has 0 aliphatic carbocycles. The molecule has 2 aromatic carbocycles. The normalized spacial score (nSPS) is 15.8. The van der Waals surface area contributed by atoms with E-state index in [-0.39, 0.29) is 18.9 Å². The Morgan fingerprint density at radius 3 is 2.40 bits per heavy atom. The zero-order chi connectivity index (χ0) is 21.8. The van der Waals surface area contributed by atoms with Gasteiger partial charge in [0.1, 0.15) is 5.75 Å². The molecule has 1 saturated heterocycles. The minimum absolute atomic E-state index is 0.0530. The van der Waals surface area contributed by atoms with Crippen molar-refractivity contribution in [3.05, 3.63) is 52.0 Å². The number of amides is 2. The van der Waals surface area contributed by atoms with E-state index in [1.54, 1.807) is 36.3 Å². The van der Waals surface area contributed by atoms with Crippen molar-refractivity contribution in [2.45, 2.75) is 20.3 Å². The van der Waals surface area contributed by atoms with Crippen molar-refractivity contribution < 1.29 is 23.9 Å². The van der Waals surface area contributed by atoms with E-state index in [0.29, 0.717) is 17.1 Å². The summed E-state index contributed by atoms with van der Waals surface area (Å²) in [7, 11) is 1.57. The number of nitrogens with one attached hydrogen (secondary N) is 1. The van der Waals surface area contributed by atoms with Crippen LogP contribution in [-0.4, -0.2) is 38.0 Å². The predicted molar refractivity (Wildman–Crippen MR) is 117 cm³/mol. The summed E-state index contributed by atoms with van der Waals surface area (Å²) in [4.78, 5) is 38.5. The van der Waals surface area contributed by atoms with Crippen LogP contribution >= 0.6 is 15.9 Å². The Morgan fingerprint density at radius 2 is 1.80 bits per heavy atom. The highest BCUT2D eigenvalue weighted by Gasteiger charge is 2.36. The lowest BCUT2D eigenvalue weighted by Gasteiger charge is -2.17. The minimum atomic E-state index is -0.608. The van der Waals surface area contributed by atoms with Gasteiger partial charge in [-0.05, 0) is 61.4 Å². The largest absolute Gasteiger partial charge is 0.497 e. The number of anilines is 2. The molecular weight excluding hydrogens is 452 g/mol. The van der Waals surface area contributed by atoms with E-state index in [9.17, 15) is 14.4 Å². The molecule has 1 N–H and O–H groups in total. The predicted octanol–water partition coefficient (Wildman–Crippen LogP) is 3.61. The van der Waals surface area contributed by atoms with E-state index < -0.39 is 24.4 Å². The molecule has 1 fully saturated rings. The fourth-order valence-corrected chi connectivity index (χ4v) is 4.10. The second-order valence-corrected chi connectivity index (χ2v) is 8.09. The van der Waals surface area contributed by atoms with Gasteiger partial charge in [-0.15, -0.1) is 0 Å². The Kier molecular flexibility index (Phi) is 6.77. The van der Waals surface area contributed by atoms with Crippen molar-refractivity contribution in [1.29, 1.82) is 0 Å². The van der Waals surface area contributed by atoms with Crippen LogP contribution in [-0.2, 0) is 19.1 Å². The van der Waals surface area contributed by atoms with Crippen LogP contribution in [0.3, 0.4) is 0 Å².